The number of halogens is 1. The van der Waals surface area contributed by atoms with Crippen LogP contribution in [0.15, 0.2) is 39.8 Å². The third-order valence-electron chi connectivity index (χ3n) is 6.10. The zero-order valence-corrected chi connectivity index (χ0v) is 23.5. The second-order valence-corrected chi connectivity index (χ2v) is 11.4. The molecule has 0 saturated carbocycles. The van der Waals surface area contributed by atoms with Crippen LogP contribution in [0.1, 0.15) is 61.0 Å². The summed E-state index contributed by atoms with van der Waals surface area (Å²) in [5.41, 5.74) is 0.983. The van der Waals surface area contributed by atoms with Crippen molar-refractivity contribution in [2.24, 2.45) is 4.99 Å². The molecule has 0 aliphatic carbocycles. The number of nitrogens with zero attached hydrogens (tertiary/aromatic N) is 1. The highest BCUT2D eigenvalue weighted by Crippen LogP contribution is 2.41. The normalized spacial score (nSPS) is 16.0. The third-order valence-corrected chi connectivity index (χ3v) is 6.56. The Labute approximate surface area is 234 Å². The van der Waals surface area contributed by atoms with Crippen LogP contribution in [0.2, 0.25) is 0 Å². The number of aliphatic hydroxyl groups excluding tert-OH is 1. The summed E-state index contributed by atoms with van der Waals surface area (Å²) in [6.45, 7) is 5.88. The van der Waals surface area contributed by atoms with Crippen molar-refractivity contribution in [3.63, 3.8) is 0 Å². The maximum absolute atomic E-state index is 12.8. The molecule has 1 aliphatic heterocycles. The van der Waals surface area contributed by atoms with Gasteiger partial charge < -0.3 is 36.4 Å². The lowest BCUT2D eigenvalue weighted by molar-refractivity contribution is -0.137. The number of carbonyl (C=O) groups is 3. The number of hydrogen-bond acceptors (Lipinski definition) is 9. The molecule has 1 aliphatic rings. The monoisotopic (exact) mass is 604 g/mol. The molecule has 0 saturated heterocycles. The number of carboxylic acids is 1. The number of phenolic OH excluding ortho intramolecular Hbond substituents is 2. The molecule has 39 heavy (non-hydrogen) atoms. The first-order valence-corrected chi connectivity index (χ1v) is 13.1. The summed E-state index contributed by atoms with van der Waals surface area (Å²) in [4.78, 5) is 41.3. The first-order chi connectivity index (χ1) is 18.2. The van der Waals surface area contributed by atoms with E-state index in [9.17, 15) is 34.8 Å². The fourth-order valence-corrected chi connectivity index (χ4v) is 4.68. The number of Topliss-reactive ketones (excluding diaryl/α,β-unsaturated/α-hetero) is 1. The predicted molar refractivity (Wildman–Crippen MR) is 149 cm³/mol. The van der Waals surface area contributed by atoms with Gasteiger partial charge >= 0.3 is 5.97 Å². The lowest BCUT2D eigenvalue weighted by atomic mass is 9.81. The van der Waals surface area contributed by atoms with E-state index >= 15 is 0 Å². The van der Waals surface area contributed by atoms with E-state index in [0.717, 1.165) is 0 Å². The standard InChI is InChI=1S/C27H33BrN4O7/c1-27(2,3)22-9-16(28)8-21(24(22)38)14(7-23(36)37)5-19(34)11-29-25(39)15-4-17(10-18(33)6-15)32-26-30-12-20(35)13-31-26/h4,6,8-10,14,20,33,35,38H,5,7,11-13H2,1-3H3,(H,29,39)(H,36,37)(H2,30,31,32)/t14-/m0/s1. The van der Waals surface area contributed by atoms with Crippen LogP contribution in [0.25, 0.3) is 0 Å². The highest BCUT2D eigenvalue weighted by molar-refractivity contribution is 9.10. The number of aliphatic imine (C=N–C) groups is 1. The van der Waals surface area contributed by atoms with Crippen LogP contribution in [0.3, 0.4) is 0 Å². The second kappa shape index (κ2) is 12.5. The van der Waals surface area contributed by atoms with Gasteiger partial charge in [0.25, 0.3) is 5.91 Å². The Bertz CT molecular complexity index is 1290. The quantitative estimate of drug-likeness (QED) is 0.226. The molecule has 1 unspecified atom stereocenters. The Balaban J connectivity index is 1.71. The van der Waals surface area contributed by atoms with E-state index in [-0.39, 0.29) is 43.0 Å². The SMILES string of the molecule is CC(C)(C)c1cc(Br)cc([C@H](CC(=O)O)CC(=O)CNC(=O)c2cc(O)cc(NC3=NCC(O)CN3)c2)c1O. The van der Waals surface area contributed by atoms with Crippen LogP contribution >= 0.6 is 15.9 Å². The smallest absolute Gasteiger partial charge is 0.303 e. The molecule has 2 aromatic carbocycles. The minimum absolute atomic E-state index is 0.0554. The average Bonchev–Trinajstić information content (AvgIpc) is 2.83. The van der Waals surface area contributed by atoms with Crippen molar-refractivity contribution >= 4 is 45.2 Å². The molecule has 7 N–H and O–H groups in total. The van der Waals surface area contributed by atoms with Crippen molar-refractivity contribution in [2.45, 2.75) is 51.0 Å². The van der Waals surface area contributed by atoms with Gasteiger partial charge in [-0.2, -0.15) is 0 Å². The van der Waals surface area contributed by atoms with Crippen molar-refractivity contribution in [1.82, 2.24) is 10.6 Å². The minimum Gasteiger partial charge on any atom is -0.508 e. The first kappa shape index (κ1) is 29.9. The molecular formula is C27H33BrN4O7. The molecule has 0 radical (unpaired) electrons. The maximum atomic E-state index is 12.8. The van der Waals surface area contributed by atoms with E-state index in [1.54, 1.807) is 12.1 Å². The van der Waals surface area contributed by atoms with Crippen LogP contribution in [-0.2, 0) is 15.0 Å². The molecule has 12 heteroatoms. The molecule has 2 atom stereocenters. The van der Waals surface area contributed by atoms with Gasteiger partial charge in [-0.1, -0.05) is 36.7 Å². The molecule has 0 fully saturated rings. The largest absolute Gasteiger partial charge is 0.508 e. The average molecular weight is 605 g/mol. The number of carbonyl (C=O) groups excluding carboxylic acids is 2. The number of guanidine groups is 1. The lowest BCUT2D eigenvalue weighted by Crippen LogP contribution is -2.42. The first-order valence-electron chi connectivity index (χ1n) is 12.3. The van der Waals surface area contributed by atoms with Crippen LogP contribution in [0.5, 0.6) is 11.5 Å². The topological polar surface area (TPSA) is 181 Å². The number of β-amino-alcohol motifs (C(OH)–C–C–N with tert-alkyl or cyclic N) is 1. The zero-order valence-electron chi connectivity index (χ0n) is 21.9. The van der Waals surface area contributed by atoms with Crippen LogP contribution < -0.4 is 16.0 Å². The summed E-state index contributed by atoms with van der Waals surface area (Å²) < 4.78 is 0.648. The molecule has 0 bridgehead atoms. The summed E-state index contributed by atoms with van der Waals surface area (Å²) in [7, 11) is 0. The number of phenols is 2. The Kier molecular flexibility index (Phi) is 9.57. The molecule has 1 amide bonds. The number of benzene rings is 2. The van der Waals surface area contributed by atoms with Gasteiger partial charge in [-0.25, -0.2) is 0 Å². The number of ketones is 1. The van der Waals surface area contributed by atoms with Gasteiger partial charge in [0.1, 0.15) is 11.5 Å². The highest BCUT2D eigenvalue weighted by Gasteiger charge is 2.27. The van der Waals surface area contributed by atoms with Crippen LogP contribution in [0.4, 0.5) is 5.69 Å². The van der Waals surface area contributed by atoms with Gasteiger partial charge in [-0.15, -0.1) is 0 Å². The zero-order chi connectivity index (χ0) is 28.9. The number of aromatic hydroxyl groups is 2. The third kappa shape index (κ3) is 8.42. The van der Waals surface area contributed by atoms with Crippen molar-refractivity contribution in [3.05, 3.63) is 51.5 Å². The van der Waals surface area contributed by atoms with Crippen molar-refractivity contribution in [1.29, 1.82) is 0 Å². The number of aliphatic carboxylic acids is 1. The number of rotatable bonds is 9. The maximum Gasteiger partial charge on any atom is 0.303 e. The fourth-order valence-electron chi connectivity index (χ4n) is 4.20. The number of amides is 1. The van der Waals surface area contributed by atoms with E-state index in [4.69, 9.17) is 0 Å². The number of anilines is 1. The molecule has 1 heterocycles. The highest BCUT2D eigenvalue weighted by atomic mass is 79.9. The lowest BCUT2D eigenvalue weighted by Gasteiger charge is -2.25. The summed E-state index contributed by atoms with van der Waals surface area (Å²) >= 11 is 3.41. The van der Waals surface area contributed by atoms with Crippen molar-refractivity contribution in [3.8, 4) is 11.5 Å². The number of hydrogen-bond donors (Lipinski definition) is 7. The Morgan fingerprint density at radius 3 is 2.46 bits per heavy atom. The molecule has 3 rings (SSSR count). The molecule has 0 spiro atoms. The van der Waals surface area contributed by atoms with Gasteiger partial charge in [0.05, 0.1) is 25.6 Å². The van der Waals surface area contributed by atoms with Crippen molar-refractivity contribution in [2.75, 3.05) is 25.0 Å². The van der Waals surface area contributed by atoms with E-state index in [2.05, 4.69) is 36.9 Å². The molecule has 2 aromatic rings. The minimum atomic E-state index is -1.13. The van der Waals surface area contributed by atoms with Gasteiger partial charge in [-0.05, 0) is 35.2 Å². The second-order valence-electron chi connectivity index (χ2n) is 10.5. The van der Waals surface area contributed by atoms with Crippen LogP contribution in [0, 0.1) is 0 Å². The summed E-state index contributed by atoms with van der Waals surface area (Å²) in [6.07, 6.45) is -1.20. The number of carboxylic acid groups (broad SMARTS) is 1. The van der Waals surface area contributed by atoms with Crippen molar-refractivity contribution < 1.29 is 34.8 Å². The Morgan fingerprint density at radius 1 is 1.13 bits per heavy atom. The van der Waals surface area contributed by atoms with E-state index < -0.39 is 35.1 Å². The van der Waals surface area contributed by atoms with Gasteiger partial charge in [0.2, 0.25) is 0 Å². The molecule has 11 nitrogen and oxygen atoms in total. The molecular weight excluding hydrogens is 572 g/mol. The van der Waals surface area contributed by atoms with Gasteiger partial charge in [0.15, 0.2) is 11.7 Å². The van der Waals surface area contributed by atoms with Gasteiger partial charge in [-0.3, -0.25) is 19.4 Å². The Morgan fingerprint density at radius 2 is 1.85 bits per heavy atom. The van der Waals surface area contributed by atoms with E-state index in [0.29, 0.717) is 33.8 Å². The van der Waals surface area contributed by atoms with Gasteiger partial charge in [0, 0.05) is 46.2 Å². The summed E-state index contributed by atoms with van der Waals surface area (Å²) in [5, 5.41) is 48.3. The van der Waals surface area contributed by atoms with E-state index in [1.165, 1.54) is 18.2 Å². The number of nitrogens with one attached hydrogen (secondary N) is 3. The predicted octanol–water partition coefficient (Wildman–Crippen LogP) is 2.84. The molecule has 210 valence electrons. The fraction of sp³-hybridized carbons (Fsp3) is 0.407. The summed E-state index contributed by atoms with van der Waals surface area (Å²) in [6, 6.07) is 7.47. The Hall–Kier alpha value is -3.64. The van der Waals surface area contributed by atoms with Crippen LogP contribution in [-0.4, -0.2) is 69.8 Å². The number of aliphatic hydroxyl groups is 1. The summed E-state index contributed by atoms with van der Waals surface area (Å²) in [5.74, 6) is -2.85. The van der Waals surface area contributed by atoms with E-state index in [1.807, 2.05) is 20.8 Å². The molecule has 0 aromatic heterocycles.